The van der Waals surface area contributed by atoms with Crippen molar-refractivity contribution in [2.24, 2.45) is 11.7 Å². The Morgan fingerprint density at radius 2 is 2.14 bits per heavy atom. The van der Waals surface area contributed by atoms with Crippen molar-refractivity contribution in [1.29, 1.82) is 0 Å². The maximum absolute atomic E-state index is 12.3. The van der Waals surface area contributed by atoms with Gasteiger partial charge in [-0.3, -0.25) is 9.48 Å². The predicted molar refractivity (Wildman–Crippen MR) is 84.1 cm³/mol. The number of nitrogens with zero attached hydrogens (tertiary/aromatic N) is 3. The molecule has 21 heavy (non-hydrogen) atoms. The number of amides is 1. The molecule has 1 aromatic rings. The second kappa shape index (κ2) is 6.36. The molecule has 0 aliphatic carbocycles. The molecule has 2 heterocycles. The minimum absolute atomic E-state index is 0.00965. The van der Waals surface area contributed by atoms with E-state index >= 15 is 0 Å². The zero-order valence-corrected chi connectivity index (χ0v) is 14.0. The Balaban J connectivity index is 2.32. The lowest BCUT2D eigenvalue weighted by Gasteiger charge is -2.26. The number of rotatable bonds is 4. The second-order valence-electron chi connectivity index (χ2n) is 6.34. The Hall–Kier alpha value is -1.07. The summed E-state index contributed by atoms with van der Waals surface area (Å²) in [6, 6.07) is -0.465. The van der Waals surface area contributed by atoms with Gasteiger partial charge in [0.25, 0.3) is 0 Å². The number of nitrogens with two attached hydrogens (primary N) is 1. The minimum Gasteiger partial charge on any atom is -0.334 e. The van der Waals surface area contributed by atoms with Crippen LogP contribution in [0.15, 0.2) is 0 Å². The van der Waals surface area contributed by atoms with Crippen molar-refractivity contribution in [2.75, 3.05) is 6.54 Å². The van der Waals surface area contributed by atoms with Crippen molar-refractivity contribution in [3.63, 3.8) is 0 Å². The summed E-state index contributed by atoms with van der Waals surface area (Å²) in [6.45, 7) is 9.49. The van der Waals surface area contributed by atoms with Crippen molar-refractivity contribution in [3.8, 4) is 0 Å². The van der Waals surface area contributed by atoms with Crippen LogP contribution in [0.5, 0.6) is 0 Å². The SMILES string of the molecule is Cc1nn(CC(C)C)c(Cl)c1[C@@H]1CCCN1C(=O)[C@H](C)N. The Morgan fingerprint density at radius 1 is 1.48 bits per heavy atom. The van der Waals surface area contributed by atoms with Gasteiger partial charge in [-0.15, -0.1) is 0 Å². The largest absolute Gasteiger partial charge is 0.334 e. The van der Waals surface area contributed by atoms with Crippen molar-refractivity contribution in [1.82, 2.24) is 14.7 Å². The lowest BCUT2D eigenvalue weighted by molar-refractivity contribution is -0.133. The topological polar surface area (TPSA) is 64.2 Å². The highest BCUT2D eigenvalue weighted by Crippen LogP contribution is 2.38. The maximum Gasteiger partial charge on any atom is 0.239 e. The standard InChI is InChI=1S/C15H25ClN4O/c1-9(2)8-20-14(16)13(11(4)18-20)12-6-5-7-19(12)15(21)10(3)17/h9-10,12H,5-8,17H2,1-4H3/t10-,12-/m0/s1. The molecule has 1 fully saturated rings. The summed E-state index contributed by atoms with van der Waals surface area (Å²) in [4.78, 5) is 14.1. The van der Waals surface area contributed by atoms with Gasteiger partial charge < -0.3 is 10.6 Å². The summed E-state index contributed by atoms with van der Waals surface area (Å²) in [5, 5.41) is 5.21. The smallest absolute Gasteiger partial charge is 0.239 e. The highest BCUT2D eigenvalue weighted by molar-refractivity contribution is 6.30. The van der Waals surface area contributed by atoms with Gasteiger partial charge in [0.1, 0.15) is 5.15 Å². The predicted octanol–water partition coefficient (Wildman–Crippen LogP) is 2.51. The van der Waals surface area contributed by atoms with Gasteiger partial charge in [-0.05, 0) is 32.6 Å². The van der Waals surface area contributed by atoms with Gasteiger partial charge >= 0.3 is 0 Å². The fourth-order valence-corrected chi connectivity index (χ4v) is 3.37. The molecule has 2 N–H and O–H groups in total. The van der Waals surface area contributed by atoms with Gasteiger partial charge in [-0.2, -0.15) is 5.10 Å². The summed E-state index contributed by atoms with van der Waals surface area (Å²) in [5.41, 5.74) is 7.66. The molecule has 1 aliphatic heterocycles. The molecule has 0 bridgehead atoms. The van der Waals surface area contributed by atoms with Crippen LogP contribution in [0.3, 0.4) is 0 Å². The molecule has 0 unspecified atom stereocenters. The Labute approximate surface area is 131 Å². The number of aromatic nitrogens is 2. The molecule has 1 aromatic heterocycles. The van der Waals surface area contributed by atoms with E-state index < -0.39 is 6.04 Å². The first-order valence-electron chi connectivity index (χ1n) is 7.61. The first kappa shape index (κ1) is 16.3. The van der Waals surface area contributed by atoms with Gasteiger partial charge in [0.05, 0.1) is 17.8 Å². The molecule has 0 radical (unpaired) electrons. The third-order valence-corrected chi connectivity index (χ3v) is 4.30. The van der Waals surface area contributed by atoms with Crippen molar-refractivity contribution >= 4 is 17.5 Å². The molecule has 118 valence electrons. The van der Waals surface area contributed by atoms with Crippen molar-refractivity contribution in [3.05, 3.63) is 16.4 Å². The lowest BCUT2D eigenvalue weighted by atomic mass is 10.1. The van der Waals surface area contributed by atoms with E-state index in [4.69, 9.17) is 17.3 Å². The summed E-state index contributed by atoms with van der Waals surface area (Å²) >= 11 is 6.53. The number of carbonyl (C=O) groups excluding carboxylic acids is 1. The number of halogens is 1. The van der Waals surface area contributed by atoms with E-state index in [0.717, 1.165) is 37.2 Å². The average molecular weight is 313 g/mol. The van der Waals surface area contributed by atoms with E-state index in [9.17, 15) is 4.79 Å². The van der Waals surface area contributed by atoms with Crippen LogP contribution in [-0.4, -0.2) is 33.2 Å². The number of hydrogen-bond acceptors (Lipinski definition) is 3. The number of likely N-dealkylation sites (tertiary alicyclic amines) is 1. The zero-order chi connectivity index (χ0) is 15.7. The molecule has 0 saturated carbocycles. The molecular weight excluding hydrogens is 288 g/mol. The highest BCUT2D eigenvalue weighted by atomic mass is 35.5. The van der Waals surface area contributed by atoms with Gasteiger partial charge in [0, 0.05) is 18.7 Å². The summed E-state index contributed by atoms with van der Waals surface area (Å²) in [6.07, 6.45) is 1.90. The number of aryl methyl sites for hydroxylation is 1. The normalized spacial score (nSPS) is 20.3. The van der Waals surface area contributed by atoms with Crippen LogP contribution in [-0.2, 0) is 11.3 Å². The fraction of sp³-hybridized carbons (Fsp3) is 0.733. The van der Waals surface area contributed by atoms with Gasteiger partial charge in [-0.1, -0.05) is 25.4 Å². The minimum atomic E-state index is -0.476. The zero-order valence-electron chi connectivity index (χ0n) is 13.3. The van der Waals surface area contributed by atoms with Crippen molar-refractivity contribution < 1.29 is 4.79 Å². The molecule has 1 amide bonds. The second-order valence-corrected chi connectivity index (χ2v) is 6.70. The van der Waals surface area contributed by atoms with Crippen LogP contribution in [0.1, 0.15) is 50.9 Å². The first-order chi connectivity index (χ1) is 9.82. The van der Waals surface area contributed by atoms with Gasteiger partial charge in [-0.25, -0.2) is 0 Å². The lowest BCUT2D eigenvalue weighted by Crippen LogP contribution is -2.41. The molecule has 6 heteroatoms. The molecule has 2 atom stereocenters. The third-order valence-electron chi connectivity index (χ3n) is 3.91. The number of carbonyl (C=O) groups is 1. The molecule has 5 nitrogen and oxygen atoms in total. The number of hydrogen-bond donors (Lipinski definition) is 1. The van der Waals surface area contributed by atoms with E-state index in [0.29, 0.717) is 11.1 Å². The van der Waals surface area contributed by atoms with E-state index in [1.54, 1.807) is 6.92 Å². The Bertz CT molecular complexity index is 524. The van der Waals surface area contributed by atoms with E-state index in [2.05, 4.69) is 18.9 Å². The van der Waals surface area contributed by atoms with E-state index in [-0.39, 0.29) is 11.9 Å². The first-order valence-corrected chi connectivity index (χ1v) is 7.99. The monoisotopic (exact) mass is 312 g/mol. The fourth-order valence-electron chi connectivity index (χ4n) is 3.00. The quantitative estimate of drug-likeness (QED) is 0.929. The Morgan fingerprint density at radius 3 is 2.71 bits per heavy atom. The van der Waals surface area contributed by atoms with Crippen LogP contribution in [0.25, 0.3) is 0 Å². The van der Waals surface area contributed by atoms with Crippen LogP contribution in [0.2, 0.25) is 5.15 Å². The Kier molecular flexibility index (Phi) is 4.94. The molecular formula is C15H25ClN4O. The summed E-state index contributed by atoms with van der Waals surface area (Å²) < 4.78 is 1.85. The summed E-state index contributed by atoms with van der Waals surface area (Å²) in [5.74, 6) is 0.463. The highest BCUT2D eigenvalue weighted by Gasteiger charge is 2.35. The molecule has 1 aliphatic rings. The molecule has 0 spiro atoms. The van der Waals surface area contributed by atoms with E-state index in [1.807, 2.05) is 16.5 Å². The maximum atomic E-state index is 12.3. The van der Waals surface area contributed by atoms with Crippen LogP contribution < -0.4 is 5.73 Å². The summed E-state index contributed by atoms with van der Waals surface area (Å²) in [7, 11) is 0. The van der Waals surface area contributed by atoms with E-state index in [1.165, 1.54) is 0 Å². The van der Waals surface area contributed by atoms with Gasteiger partial charge in [0.2, 0.25) is 5.91 Å². The molecule has 0 aromatic carbocycles. The third kappa shape index (κ3) is 3.24. The van der Waals surface area contributed by atoms with Crippen LogP contribution in [0, 0.1) is 12.8 Å². The van der Waals surface area contributed by atoms with Crippen LogP contribution >= 0.6 is 11.6 Å². The average Bonchev–Trinajstić information content (AvgIpc) is 2.94. The van der Waals surface area contributed by atoms with Gasteiger partial charge in [0.15, 0.2) is 0 Å². The molecule has 1 saturated heterocycles. The molecule has 2 rings (SSSR count). The van der Waals surface area contributed by atoms with Crippen LogP contribution in [0.4, 0.5) is 0 Å². The van der Waals surface area contributed by atoms with Crippen molar-refractivity contribution in [2.45, 2.75) is 59.2 Å².